The van der Waals surface area contributed by atoms with E-state index >= 15 is 0 Å². The number of hydrogen-bond acceptors (Lipinski definition) is 2. The summed E-state index contributed by atoms with van der Waals surface area (Å²) >= 11 is 0. The highest BCUT2D eigenvalue weighted by Crippen LogP contribution is 2.11. The summed E-state index contributed by atoms with van der Waals surface area (Å²) in [5.74, 6) is 0. The minimum absolute atomic E-state index is 0.373. The zero-order chi connectivity index (χ0) is 9.19. The molecule has 0 saturated carbocycles. The van der Waals surface area contributed by atoms with Crippen molar-refractivity contribution in [3.8, 4) is 0 Å². The number of rotatable bonds is 2. The van der Waals surface area contributed by atoms with Gasteiger partial charge in [0.05, 0.1) is 4.90 Å². The Balaban J connectivity index is 3.20. The minimum atomic E-state index is -3.06. The molecule has 2 nitrogen and oxygen atoms in total. The van der Waals surface area contributed by atoms with E-state index in [0.29, 0.717) is 4.90 Å². The SMILES string of the molecule is C[CH]c1cccc(S(C)(=O)=O)c1. The molecule has 0 bridgehead atoms. The van der Waals surface area contributed by atoms with E-state index in [0.717, 1.165) is 5.56 Å². The quantitative estimate of drug-likeness (QED) is 0.698. The molecule has 0 N–H and O–H groups in total. The summed E-state index contributed by atoms with van der Waals surface area (Å²) < 4.78 is 22.2. The summed E-state index contributed by atoms with van der Waals surface area (Å²) in [6, 6.07) is 6.87. The van der Waals surface area contributed by atoms with Gasteiger partial charge in [-0.2, -0.15) is 0 Å². The Morgan fingerprint density at radius 3 is 2.50 bits per heavy atom. The van der Waals surface area contributed by atoms with Crippen LogP contribution in [0.3, 0.4) is 0 Å². The molecule has 0 fully saturated rings. The van der Waals surface area contributed by atoms with Gasteiger partial charge in [-0.1, -0.05) is 19.1 Å². The van der Waals surface area contributed by atoms with Crippen LogP contribution in [0.5, 0.6) is 0 Å². The van der Waals surface area contributed by atoms with E-state index in [-0.39, 0.29) is 0 Å². The highest BCUT2D eigenvalue weighted by Gasteiger charge is 2.05. The maximum Gasteiger partial charge on any atom is 0.175 e. The summed E-state index contributed by atoms with van der Waals surface area (Å²) in [7, 11) is -3.06. The van der Waals surface area contributed by atoms with Gasteiger partial charge in [0.2, 0.25) is 0 Å². The molecule has 0 aromatic heterocycles. The largest absolute Gasteiger partial charge is 0.224 e. The second kappa shape index (κ2) is 3.27. The van der Waals surface area contributed by atoms with Crippen LogP contribution in [0.1, 0.15) is 12.5 Å². The van der Waals surface area contributed by atoms with Gasteiger partial charge in [-0.3, -0.25) is 0 Å². The van der Waals surface area contributed by atoms with Crippen LogP contribution < -0.4 is 0 Å². The van der Waals surface area contributed by atoms with Crippen LogP contribution in [-0.4, -0.2) is 14.7 Å². The lowest BCUT2D eigenvalue weighted by molar-refractivity contribution is 0.602. The minimum Gasteiger partial charge on any atom is -0.224 e. The Hall–Kier alpha value is -0.830. The van der Waals surface area contributed by atoms with E-state index in [1.165, 1.54) is 6.26 Å². The lowest BCUT2D eigenvalue weighted by Gasteiger charge is -1.99. The average molecular weight is 183 g/mol. The van der Waals surface area contributed by atoms with Crippen LogP contribution in [0.25, 0.3) is 0 Å². The van der Waals surface area contributed by atoms with E-state index in [1.54, 1.807) is 18.2 Å². The fourth-order valence-electron chi connectivity index (χ4n) is 0.925. The first-order valence-corrected chi connectivity index (χ1v) is 5.52. The second-order valence-electron chi connectivity index (χ2n) is 2.63. The predicted octanol–water partition coefficient (Wildman–Crippen LogP) is 1.66. The molecule has 1 aromatic rings. The van der Waals surface area contributed by atoms with E-state index in [4.69, 9.17) is 0 Å². The molecular formula is C9H11O2S. The number of benzene rings is 1. The van der Waals surface area contributed by atoms with Gasteiger partial charge >= 0.3 is 0 Å². The van der Waals surface area contributed by atoms with Crippen molar-refractivity contribution in [2.24, 2.45) is 0 Å². The highest BCUT2D eigenvalue weighted by atomic mass is 32.2. The first-order chi connectivity index (χ1) is 5.54. The van der Waals surface area contributed by atoms with Crippen LogP contribution in [0, 0.1) is 6.42 Å². The first-order valence-electron chi connectivity index (χ1n) is 3.63. The van der Waals surface area contributed by atoms with Gasteiger partial charge in [-0.15, -0.1) is 0 Å². The Kier molecular flexibility index (Phi) is 2.52. The first kappa shape index (κ1) is 9.26. The van der Waals surface area contributed by atoms with E-state index in [9.17, 15) is 8.42 Å². The van der Waals surface area contributed by atoms with Gasteiger partial charge in [-0.25, -0.2) is 8.42 Å². The Morgan fingerprint density at radius 1 is 1.33 bits per heavy atom. The fraction of sp³-hybridized carbons (Fsp3) is 0.222. The molecular weight excluding hydrogens is 172 g/mol. The van der Waals surface area contributed by atoms with Crippen LogP contribution in [0.4, 0.5) is 0 Å². The molecule has 0 spiro atoms. The van der Waals surface area contributed by atoms with Crippen molar-refractivity contribution in [2.75, 3.05) is 6.26 Å². The fourth-order valence-corrected chi connectivity index (χ4v) is 1.60. The topological polar surface area (TPSA) is 34.1 Å². The van der Waals surface area contributed by atoms with Crippen molar-refractivity contribution in [3.05, 3.63) is 36.2 Å². The van der Waals surface area contributed by atoms with Crippen molar-refractivity contribution in [1.82, 2.24) is 0 Å². The van der Waals surface area contributed by atoms with Gasteiger partial charge in [0.1, 0.15) is 0 Å². The third-order valence-electron chi connectivity index (χ3n) is 1.62. The second-order valence-corrected chi connectivity index (χ2v) is 4.65. The maximum atomic E-state index is 11.1. The average Bonchev–Trinajstić information content (AvgIpc) is 2.03. The molecule has 1 radical (unpaired) electrons. The van der Waals surface area contributed by atoms with E-state index < -0.39 is 9.84 Å². The third kappa shape index (κ3) is 2.08. The molecule has 0 aliphatic rings. The lowest BCUT2D eigenvalue weighted by atomic mass is 10.2. The summed E-state index contributed by atoms with van der Waals surface area (Å²) in [4.78, 5) is 0.373. The van der Waals surface area contributed by atoms with Crippen LogP contribution >= 0.6 is 0 Å². The van der Waals surface area contributed by atoms with Crippen LogP contribution in [0.2, 0.25) is 0 Å². The van der Waals surface area contributed by atoms with Gasteiger partial charge in [-0.05, 0) is 24.1 Å². The van der Waals surface area contributed by atoms with Gasteiger partial charge in [0.15, 0.2) is 9.84 Å². The standard InChI is InChI=1S/C9H11O2S/c1-3-8-5-4-6-9(7-8)12(2,10)11/h3-7H,1-2H3. The Bertz CT molecular complexity index is 366. The molecule has 0 unspecified atom stereocenters. The Labute approximate surface area is 73.2 Å². The smallest absolute Gasteiger partial charge is 0.175 e. The molecule has 0 saturated heterocycles. The summed E-state index contributed by atoms with van der Waals surface area (Å²) in [6.07, 6.45) is 3.08. The lowest BCUT2D eigenvalue weighted by Crippen LogP contribution is -1.96. The Morgan fingerprint density at radius 2 is 2.00 bits per heavy atom. The van der Waals surface area contributed by atoms with Crippen LogP contribution in [0.15, 0.2) is 29.2 Å². The molecule has 0 amide bonds. The summed E-state index contributed by atoms with van der Waals surface area (Å²) in [6.45, 7) is 1.88. The summed E-state index contributed by atoms with van der Waals surface area (Å²) in [5.41, 5.74) is 0.929. The molecule has 0 aliphatic carbocycles. The van der Waals surface area contributed by atoms with Crippen molar-refractivity contribution in [3.63, 3.8) is 0 Å². The molecule has 65 valence electrons. The van der Waals surface area contributed by atoms with Crippen LogP contribution in [-0.2, 0) is 9.84 Å². The van der Waals surface area contributed by atoms with Crippen molar-refractivity contribution in [1.29, 1.82) is 0 Å². The number of sulfone groups is 1. The maximum absolute atomic E-state index is 11.1. The van der Waals surface area contributed by atoms with Gasteiger partial charge in [0.25, 0.3) is 0 Å². The summed E-state index contributed by atoms with van der Waals surface area (Å²) in [5, 5.41) is 0. The van der Waals surface area contributed by atoms with E-state index in [1.807, 2.05) is 19.4 Å². The van der Waals surface area contributed by atoms with Crippen molar-refractivity contribution >= 4 is 9.84 Å². The van der Waals surface area contributed by atoms with Gasteiger partial charge in [0, 0.05) is 6.26 Å². The molecule has 3 heteroatoms. The molecule has 0 aliphatic heterocycles. The molecule has 1 rings (SSSR count). The van der Waals surface area contributed by atoms with Gasteiger partial charge < -0.3 is 0 Å². The van der Waals surface area contributed by atoms with Crippen molar-refractivity contribution < 1.29 is 8.42 Å². The highest BCUT2D eigenvalue weighted by molar-refractivity contribution is 7.90. The monoisotopic (exact) mass is 183 g/mol. The zero-order valence-corrected chi connectivity index (χ0v) is 7.93. The third-order valence-corrected chi connectivity index (χ3v) is 2.73. The van der Waals surface area contributed by atoms with E-state index in [2.05, 4.69) is 0 Å². The predicted molar refractivity (Wildman–Crippen MR) is 48.6 cm³/mol. The normalized spacial score (nSPS) is 11.5. The molecule has 0 heterocycles. The zero-order valence-electron chi connectivity index (χ0n) is 7.11. The molecule has 1 aromatic carbocycles. The van der Waals surface area contributed by atoms with Crippen molar-refractivity contribution in [2.45, 2.75) is 11.8 Å². The molecule has 0 atom stereocenters. The molecule has 12 heavy (non-hydrogen) atoms. The number of hydrogen-bond donors (Lipinski definition) is 0.